The molecule has 130 valence electrons. The lowest BCUT2D eigenvalue weighted by Crippen LogP contribution is -2.45. The monoisotopic (exact) mass is 348 g/mol. The van der Waals surface area contributed by atoms with Gasteiger partial charge in [-0.3, -0.25) is 9.59 Å². The molecule has 5 heteroatoms. The molecule has 24 heavy (non-hydrogen) atoms. The Labute approximate surface area is 148 Å². The van der Waals surface area contributed by atoms with Crippen LogP contribution in [0.4, 0.5) is 0 Å². The van der Waals surface area contributed by atoms with Crippen LogP contribution >= 0.6 is 11.6 Å². The van der Waals surface area contributed by atoms with Crippen LogP contribution in [0, 0.1) is 5.92 Å². The van der Waals surface area contributed by atoms with Gasteiger partial charge in [-0.25, -0.2) is 0 Å². The third-order valence-electron chi connectivity index (χ3n) is 5.20. The Morgan fingerprint density at radius 1 is 1.21 bits per heavy atom. The molecule has 2 amide bonds. The van der Waals surface area contributed by atoms with E-state index in [0.29, 0.717) is 13.1 Å². The number of alkyl halides is 1. The Morgan fingerprint density at radius 3 is 2.62 bits per heavy atom. The Hall–Kier alpha value is -1.55. The summed E-state index contributed by atoms with van der Waals surface area (Å²) in [6.45, 7) is 2.94. The maximum absolute atomic E-state index is 12.6. The minimum Gasteiger partial charge on any atom is -0.349 e. The molecular formula is C19H25ClN2O2. The van der Waals surface area contributed by atoms with Crippen LogP contribution < -0.4 is 5.32 Å². The molecule has 1 saturated heterocycles. The number of nitrogens with one attached hydrogen (secondary N) is 1. The predicted octanol–water partition coefficient (Wildman–Crippen LogP) is 3.05. The van der Waals surface area contributed by atoms with Gasteiger partial charge in [0.2, 0.25) is 11.8 Å². The van der Waals surface area contributed by atoms with Crippen molar-refractivity contribution in [3.63, 3.8) is 0 Å². The van der Waals surface area contributed by atoms with Crippen molar-refractivity contribution in [2.45, 2.75) is 50.4 Å². The SMILES string of the molecule is CC(Cl)C(=O)N1CCC(C(=O)NC2CCCc3ccccc32)CC1. The molecule has 0 saturated carbocycles. The molecule has 1 aromatic rings. The standard InChI is InChI=1S/C19H25ClN2O2/c1-13(20)19(24)22-11-9-15(10-12-22)18(23)21-17-8-4-6-14-5-2-3-7-16(14)17/h2-3,5,7,13,15,17H,4,6,8-12H2,1H3,(H,21,23). The molecule has 2 atom stereocenters. The summed E-state index contributed by atoms with van der Waals surface area (Å²) in [5.41, 5.74) is 2.62. The van der Waals surface area contributed by atoms with Gasteiger partial charge in [0.25, 0.3) is 0 Å². The summed E-state index contributed by atoms with van der Waals surface area (Å²) in [5, 5.41) is 2.75. The molecule has 1 N–H and O–H groups in total. The summed E-state index contributed by atoms with van der Waals surface area (Å²) in [6.07, 6.45) is 4.65. The van der Waals surface area contributed by atoms with Crippen molar-refractivity contribution in [3.8, 4) is 0 Å². The summed E-state index contributed by atoms with van der Waals surface area (Å²) in [5.74, 6) is 0.0910. The Kier molecular flexibility index (Phi) is 5.44. The topological polar surface area (TPSA) is 49.4 Å². The average molecular weight is 349 g/mol. The maximum atomic E-state index is 12.6. The van der Waals surface area contributed by atoms with Crippen LogP contribution in [0.1, 0.15) is 49.8 Å². The van der Waals surface area contributed by atoms with Crippen LogP contribution in [0.2, 0.25) is 0 Å². The zero-order chi connectivity index (χ0) is 17.1. The van der Waals surface area contributed by atoms with Crippen molar-refractivity contribution >= 4 is 23.4 Å². The minimum atomic E-state index is -0.492. The average Bonchev–Trinajstić information content (AvgIpc) is 2.61. The van der Waals surface area contributed by atoms with Crippen molar-refractivity contribution in [1.29, 1.82) is 0 Å². The molecule has 0 bridgehead atoms. The molecular weight excluding hydrogens is 324 g/mol. The van der Waals surface area contributed by atoms with Gasteiger partial charge in [0, 0.05) is 19.0 Å². The van der Waals surface area contributed by atoms with Crippen LogP contribution in [-0.4, -0.2) is 35.2 Å². The van der Waals surface area contributed by atoms with Crippen molar-refractivity contribution in [3.05, 3.63) is 35.4 Å². The van der Waals surface area contributed by atoms with E-state index in [-0.39, 0.29) is 23.8 Å². The highest BCUT2D eigenvalue weighted by atomic mass is 35.5. The lowest BCUT2D eigenvalue weighted by atomic mass is 9.87. The van der Waals surface area contributed by atoms with E-state index in [9.17, 15) is 9.59 Å². The molecule has 2 aliphatic rings. The number of hydrogen-bond donors (Lipinski definition) is 1. The predicted molar refractivity (Wildman–Crippen MR) is 94.9 cm³/mol. The van der Waals surface area contributed by atoms with Gasteiger partial charge >= 0.3 is 0 Å². The summed E-state index contributed by atoms with van der Waals surface area (Å²) in [4.78, 5) is 26.3. The third-order valence-corrected chi connectivity index (χ3v) is 5.39. The molecule has 0 radical (unpaired) electrons. The Morgan fingerprint density at radius 2 is 1.92 bits per heavy atom. The van der Waals surface area contributed by atoms with Gasteiger partial charge in [-0.05, 0) is 50.2 Å². The van der Waals surface area contributed by atoms with E-state index >= 15 is 0 Å². The first kappa shape index (κ1) is 17.3. The van der Waals surface area contributed by atoms with Crippen molar-refractivity contribution in [2.24, 2.45) is 5.92 Å². The molecule has 1 aromatic carbocycles. The second kappa shape index (κ2) is 7.56. The molecule has 1 aliphatic carbocycles. The fraction of sp³-hybridized carbons (Fsp3) is 0.579. The highest BCUT2D eigenvalue weighted by Gasteiger charge is 2.30. The number of hydrogen-bond acceptors (Lipinski definition) is 2. The number of nitrogens with zero attached hydrogens (tertiary/aromatic N) is 1. The number of fused-ring (bicyclic) bond motifs is 1. The minimum absolute atomic E-state index is 0.00577. The normalized spacial score (nSPS) is 22.6. The van der Waals surface area contributed by atoms with E-state index in [2.05, 4.69) is 23.5 Å². The van der Waals surface area contributed by atoms with Gasteiger partial charge in [-0.15, -0.1) is 11.6 Å². The number of piperidine rings is 1. The second-order valence-corrected chi connectivity index (χ2v) is 7.52. The number of carbonyl (C=O) groups is 2. The smallest absolute Gasteiger partial charge is 0.240 e. The van der Waals surface area contributed by atoms with E-state index in [1.165, 1.54) is 11.1 Å². The number of halogens is 1. The number of benzene rings is 1. The molecule has 4 nitrogen and oxygen atoms in total. The summed E-state index contributed by atoms with van der Waals surface area (Å²) >= 11 is 5.87. The van der Waals surface area contributed by atoms with Crippen molar-refractivity contribution < 1.29 is 9.59 Å². The van der Waals surface area contributed by atoms with E-state index in [1.807, 2.05) is 6.07 Å². The van der Waals surface area contributed by atoms with Gasteiger partial charge in [0.15, 0.2) is 0 Å². The zero-order valence-electron chi connectivity index (χ0n) is 14.1. The second-order valence-electron chi connectivity index (χ2n) is 6.87. The lowest BCUT2D eigenvalue weighted by Gasteiger charge is -2.33. The number of aryl methyl sites for hydroxylation is 1. The van der Waals surface area contributed by atoms with Gasteiger partial charge < -0.3 is 10.2 Å². The van der Waals surface area contributed by atoms with Crippen LogP contribution in [0.15, 0.2) is 24.3 Å². The Bertz CT molecular complexity index is 609. The van der Waals surface area contributed by atoms with Gasteiger partial charge in [0.05, 0.1) is 6.04 Å². The van der Waals surface area contributed by atoms with E-state index in [4.69, 9.17) is 11.6 Å². The molecule has 1 aliphatic heterocycles. The first-order chi connectivity index (χ1) is 11.6. The highest BCUT2D eigenvalue weighted by Crippen LogP contribution is 2.30. The van der Waals surface area contributed by atoms with Crippen LogP contribution in [0.3, 0.4) is 0 Å². The Balaban J connectivity index is 1.57. The summed E-state index contributed by atoms with van der Waals surface area (Å²) < 4.78 is 0. The largest absolute Gasteiger partial charge is 0.349 e. The van der Waals surface area contributed by atoms with Crippen molar-refractivity contribution in [2.75, 3.05) is 13.1 Å². The first-order valence-corrected chi connectivity index (χ1v) is 9.31. The van der Waals surface area contributed by atoms with Crippen molar-refractivity contribution in [1.82, 2.24) is 10.2 Å². The lowest BCUT2D eigenvalue weighted by molar-refractivity contribution is -0.135. The zero-order valence-corrected chi connectivity index (χ0v) is 14.9. The first-order valence-electron chi connectivity index (χ1n) is 8.87. The fourth-order valence-corrected chi connectivity index (χ4v) is 3.95. The number of rotatable bonds is 3. The molecule has 1 heterocycles. The number of amides is 2. The molecule has 0 spiro atoms. The highest BCUT2D eigenvalue weighted by molar-refractivity contribution is 6.30. The number of carbonyl (C=O) groups excluding carboxylic acids is 2. The van der Waals surface area contributed by atoms with E-state index < -0.39 is 5.38 Å². The van der Waals surface area contributed by atoms with Crippen LogP contribution in [0.5, 0.6) is 0 Å². The quantitative estimate of drug-likeness (QED) is 0.853. The van der Waals surface area contributed by atoms with Gasteiger partial charge in [0.1, 0.15) is 5.38 Å². The number of likely N-dealkylation sites (tertiary alicyclic amines) is 1. The molecule has 1 fully saturated rings. The van der Waals surface area contributed by atoms with E-state index in [0.717, 1.165) is 32.1 Å². The van der Waals surface area contributed by atoms with E-state index in [1.54, 1.807) is 11.8 Å². The third kappa shape index (κ3) is 3.75. The molecule has 2 unspecified atom stereocenters. The summed E-state index contributed by atoms with van der Waals surface area (Å²) in [7, 11) is 0. The summed E-state index contributed by atoms with van der Waals surface area (Å²) in [6, 6.07) is 8.52. The molecule has 3 rings (SSSR count). The van der Waals surface area contributed by atoms with Crippen LogP contribution in [0.25, 0.3) is 0 Å². The van der Waals surface area contributed by atoms with Gasteiger partial charge in [-0.2, -0.15) is 0 Å². The van der Waals surface area contributed by atoms with Gasteiger partial charge in [-0.1, -0.05) is 24.3 Å². The fourth-order valence-electron chi connectivity index (χ4n) is 3.81. The maximum Gasteiger partial charge on any atom is 0.240 e. The van der Waals surface area contributed by atoms with Crippen LogP contribution in [-0.2, 0) is 16.0 Å². The molecule has 0 aromatic heterocycles.